The van der Waals surface area contributed by atoms with Gasteiger partial charge in [-0.3, -0.25) is 10.00 Å². The number of aromatic nitrogens is 3. The molecule has 0 radical (unpaired) electrons. The van der Waals surface area contributed by atoms with Crippen LogP contribution in [0.25, 0.3) is 10.7 Å². The molecule has 21 heavy (non-hydrogen) atoms. The smallest absolute Gasteiger partial charge is 0.217 e. The number of hydrogen-bond acceptors (Lipinski definition) is 5. The van der Waals surface area contributed by atoms with Crippen LogP contribution in [0.5, 0.6) is 0 Å². The standard InChI is InChI=1S/C13H13BrN4S3/c1-17(7-9-4-5-11(14)21-9)8-18-13(19)15-12(16-18)10-3-2-6-20-10/h2-6H,7-8H2,1H3,(H,15,16,19). The lowest BCUT2D eigenvalue weighted by Gasteiger charge is -2.15. The molecule has 1 N–H and O–H groups in total. The van der Waals surface area contributed by atoms with E-state index < -0.39 is 0 Å². The van der Waals surface area contributed by atoms with Gasteiger partial charge in [0, 0.05) is 11.4 Å². The fourth-order valence-corrected chi connectivity index (χ4v) is 4.39. The number of halogens is 1. The first-order valence-electron chi connectivity index (χ1n) is 6.25. The fraction of sp³-hybridized carbons (Fsp3) is 0.231. The Morgan fingerprint density at radius 1 is 1.43 bits per heavy atom. The van der Waals surface area contributed by atoms with E-state index in [2.05, 4.69) is 50.1 Å². The lowest BCUT2D eigenvalue weighted by atomic mass is 10.4. The van der Waals surface area contributed by atoms with Crippen molar-refractivity contribution in [3.63, 3.8) is 0 Å². The molecule has 0 aliphatic heterocycles. The Balaban J connectivity index is 1.71. The van der Waals surface area contributed by atoms with E-state index in [0.29, 0.717) is 11.4 Å². The molecule has 0 saturated carbocycles. The molecule has 0 aliphatic carbocycles. The van der Waals surface area contributed by atoms with Gasteiger partial charge in [-0.1, -0.05) is 6.07 Å². The van der Waals surface area contributed by atoms with Crippen LogP contribution < -0.4 is 0 Å². The van der Waals surface area contributed by atoms with Crippen LogP contribution in [0.15, 0.2) is 33.4 Å². The molecule has 0 fully saturated rings. The number of rotatable bonds is 5. The maximum absolute atomic E-state index is 5.33. The summed E-state index contributed by atoms with van der Waals surface area (Å²) < 4.78 is 3.63. The predicted molar refractivity (Wildman–Crippen MR) is 94.2 cm³/mol. The number of thiophene rings is 2. The van der Waals surface area contributed by atoms with Gasteiger partial charge in [-0.2, -0.15) is 4.98 Å². The Bertz CT molecular complexity index is 772. The third-order valence-electron chi connectivity index (χ3n) is 2.87. The second kappa shape index (κ2) is 6.53. The molecule has 0 unspecified atom stereocenters. The second-order valence-electron chi connectivity index (χ2n) is 4.62. The third kappa shape index (κ3) is 3.70. The van der Waals surface area contributed by atoms with Crippen LogP contribution in [-0.2, 0) is 13.2 Å². The van der Waals surface area contributed by atoms with E-state index in [1.807, 2.05) is 22.2 Å². The van der Waals surface area contributed by atoms with E-state index in [-0.39, 0.29) is 0 Å². The van der Waals surface area contributed by atoms with Crippen molar-refractivity contribution in [3.8, 4) is 10.7 Å². The van der Waals surface area contributed by atoms with E-state index in [9.17, 15) is 0 Å². The maximum Gasteiger partial charge on any atom is 0.217 e. The average Bonchev–Trinajstić information content (AvgIpc) is 3.13. The fourth-order valence-electron chi connectivity index (χ4n) is 1.97. The number of H-pyrrole nitrogens is 1. The summed E-state index contributed by atoms with van der Waals surface area (Å²) in [5, 5.41) is 5.30. The van der Waals surface area contributed by atoms with E-state index in [1.54, 1.807) is 22.7 Å². The van der Waals surface area contributed by atoms with Gasteiger partial charge >= 0.3 is 0 Å². The molecule has 110 valence electrons. The highest BCUT2D eigenvalue weighted by molar-refractivity contribution is 9.11. The lowest BCUT2D eigenvalue weighted by Crippen LogP contribution is -2.22. The minimum atomic E-state index is 0.581. The van der Waals surface area contributed by atoms with Crippen LogP contribution in [0.4, 0.5) is 0 Å². The lowest BCUT2D eigenvalue weighted by molar-refractivity contribution is 0.246. The van der Waals surface area contributed by atoms with Crippen LogP contribution >= 0.6 is 50.8 Å². The Morgan fingerprint density at radius 2 is 2.29 bits per heavy atom. The number of aromatic amines is 1. The molecule has 0 aliphatic rings. The Hall–Kier alpha value is -0.800. The van der Waals surface area contributed by atoms with Crippen molar-refractivity contribution in [1.29, 1.82) is 0 Å². The van der Waals surface area contributed by atoms with Crippen LogP contribution in [-0.4, -0.2) is 26.7 Å². The van der Waals surface area contributed by atoms with Gasteiger partial charge in [-0.05, 0) is 58.8 Å². The number of hydrogen-bond donors (Lipinski definition) is 1. The normalized spacial score (nSPS) is 11.4. The summed E-state index contributed by atoms with van der Waals surface area (Å²) in [6.45, 7) is 1.57. The van der Waals surface area contributed by atoms with Gasteiger partial charge in [0.1, 0.15) is 0 Å². The van der Waals surface area contributed by atoms with E-state index in [1.165, 1.54) is 4.88 Å². The highest BCUT2D eigenvalue weighted by Crippen LogP contribution is 2.23. The minimum absolute atomic E-state index is 0.581. The van der Waals surface area contributed by atoms with Crippen LogP contribution in [0.2, 0.25) is 0 Å². The first kappa shape index (κ1) is 15.1. The highest BCUT2D eigenvalue weighted by atomic mass is 79.9. The molecule has 3 heterocycles. The number of nitrogens with one attached hydrogen (secondary N) is 1. The van der Waals surface area contributed by atoms with E-state index in [0.717, 1.165) is 21.0 Å². The van der Waals surface area contributed by atoms with Crippen LogP contribution in [0.1, 0.15) is 4.88 Å². The summed E-state index contributed by atoms with van der Waals surface area (Å²) in [5.74, 6) is 0.835. The Morgan fingerprint density at radius 3 is 2.95 bits per heavy atom. The van der Waals surface area contributed by atoms with Gasteiger partial charge in [-0.15, -0.1) is 22.7 Å². The monoisotopic (exact) mass is 400 g/mol. The van der Waals surface area contributed by atoms with Gasteiger partial charge in [0.25, 0.3) is 0 Å². The molecule has 3 rings (SSSR count). The quantitative estimate of drug-likeness (QED) is 0.636. The summed E-state index contributed by atoms with van der Waals surface area (Å²) in [4.78, 5) is 9.03. The SMILES string of the molecule is CN(Cc1ccc(Br)s1)Cn1[nH]c(-c2cccs2)nc1=S. The van der Waals surface area contributed by atoms with Gasteiger partial charge < -0.3 is 0 Å². The molecule has 3 aromatic rings. The van der Waals surface area contributed by atoms with Crippen molar-refractivity contribution < 1.29 is 0 Å². The zero-order chi connectivity index (χ0) is 14.8. The third-order valence-corrected chi connectivity index (χ3v) is 5.67. The molecule has 3 aromatic heterocycles. The predicted octanol–water partition coefficient (Wildman–Crippen LogP) is 4.58. The molecule has 0 amide bonds. The first-order valence-corrected chi connectivity index (χ1v) is 9.15. The van der Waals surface area contributed by atoms with Crippen molar-refractivity contribution in [3.05, 3.63) is 43.1 Å². The molecular formula is C13H13BrN4S3. The summed E-state index contributed by atoms with van der Waals surface area (Å²) in [7, 11) is 2.07. The van der Waals surface area contributed by atoms with Gasteiger partial charge in [0.2, 0.25) is 4.77 Å². The van der Waals surface area contributed by atoms with Crippen molar-refractivity contribution in [2.24, 2.45) is 0 Å². The van der Waals surface area contributed by atoms with Gasteiger partial charge in [-0.25, -0.2) is 4.68 Å². The minimum Gasteiger partial charge on any atom is -0.282 e. The van der Waals surface area contributed by atoms with E-state index >= 15 is 0 Å². The second-order valence-corrected chi connectivity index (χ2v) is 8.48. The Labute approximate surface area is 144 Å². The first-order chi connectivity index (χ1) is 10.1. The van der Waals surface area contributed by atoms with Crippen molar-refractivity contribution in [1.82, 2.24) is 19.7 Å². The van der Waals surface area contributed by atoms with Crippen molar-refractivity contribution >= 4 is 50.8 Å². The molecule has 0 spiro atoms. The van der Waals surface area contributed by atoms with E-state index in [4.69, 9.17) is 12.2 Å². The zero-order valence-electron chi connectivity index (χ0n) is 11.2. The summed E-state index contributed by atoms with van der Waals surface area (Å²) >= 11 is 12.2. The molecule has 0 aromatic carbocycles. The molecule has 0 saturated heterocycles. The topological polar surface area (TPSA) is 36.9 Å². The molecule has 0 atom stereocenters. The summed E-state index contributed by atoms with van der Waals surface area (Å²) in [6, 6.07) is 8.26. The summed E-state index contributed by atoms with van der Waals surface area (Å²) in [6.07, 6.45) is 0. The Kier molecular flexibility index (Phi) is 4.70. The van der Waals surface area contributed by atoms with Gasteiger partial charge in [0.15, 0.2) is 5.82 Å². The van der Waals surface area contributed by atoms with Crippen molar-refractivity contribution in [2.45, 2.75) is 13.2 Å². The highest BCUT2D eigenvalue weighted by Gasteiger charge is 2.08. The zero-order valence-corrected chi connectivity index (χ0v) is 15.3. The van der Waals surface area contributed by atoms with Gasteiger partial charge in [0.05, 0.1) is 15.3 Å². The molecule has 8 heteroatoms. The maximum atomic E-state index is 5.33. The largest absolute Gasteiger partial charge is 0.282 e. The van der Waals surface area contributed by atoms with Crippen LogP contribution in [0, 0.1) is 4.77 Å². The van der Waals surface area contributed by atoms with Crippen molar-refractivity contribution in [2.75, 3.05) is 7.05 Å². The average molecular weight is 401 g/mol. The molecular weight excluding hydrogens is 388 g/mol. The van der Waals surface area contributed by atoms with Crippen LogP contribution in [0.3, 0.4) is 0 Å². The molecule has 0 bridgehead atoms. The summed E-state index contributed by atoms with van der Waals surface area (Å²) in [5.41, 5.74) is 0. The molecule has 4 nitrogen and oxygen atoms in total. The number of nitrogens with zero attached hydrogens (tertiary/aromatic N) is 3.